The second-order valence-electron chi connectivity index (χ2n) is 4.76. The summed E-state index contributed by atoms with van der Waals surface area (Å²) in [4.78, 5) is 21.1. The third-order valence-electron chi connectivity index (χ3n) is 3.41. The molecular weight excluding hydrogens is 310 g/mol. The number of aromatic nitrogens is 1. The van der Waals surface area contributed by atoms with E-state index in [1.807, 2.05) is 4.90 Å². The van der Waals surface area contributed by atoms with Crippen molar-refractivity contribution < 1.29 is 9.90 Å². The Balaban J connectivity index is 1.62. The monoisotopic (exact) mass is 323 g/mol. The Kier molecular flexibility index (Phi) is 3.98. The Morgan fingerprint density at radius 1 is 1.19 bits per heavy atom. The lowest BCUT2D eigenvalue weighted by Gasteiger charge is -2.35. The highest BCUT2D eigenvalue weighted by Gasteiger charge is 2.23. The largest absolute Gasteiger partial charge is 0.506 e. The fraction of sp³-hybridized carbons (Fsp3) is 0.286. The molecule has 5 nitrogen and oxygen atoms in total. The number of amides is 1. The summed E-state index contributed by atoms with van der Waals surface area (Å²) in [7, 11) is 0. The van der Waals surface area contributed by atoms with Crippen molar-refractivity contribution in [3.05, 3.63) is 39.7 Å². The maximum absolute atomic E-state index is 12.3. The van der Waals surface area contributed by atoms with E-state index in [2.05, 4.69) is 9.88 Å². The molecule has 1 amide bonds. The lowest BCUT2D eigenvalue weighted by molar-refractivity contribution is 0.0751. The smallest absolute Gasteiger partial charge is 0.264 e. The average molecular weight is 324 g/mol. The first-order chi connectivity index (χ1) is 10.1. The van der Waals surface area contributed by atoms with E-state index in [9.17, 15) is 9.90 Å². The summed E-state index contributed by atoms with van der Waals surface area (Å²) in [6, 6.07) is 6.92. The van der Waals surface area contributed by atoms with E-state index in [1.165, 1.54) is 17.5 Å². The number of nitrogens with zero attached hydrogens (tertiary/aromatic N) is 3. The number of piperazine rings is 1. The summed E-state index contributed by atoms with van der Waals surface area (Å²) in [6.07, 6.45) is 1.43. The number of anilines is 1. The number of hydrogen-bond donors (Lipinski definition) is 1. The fourth-order valence-electron chi connectivity index (χ4n) is 2.29. The highest BCUT2D eigenvalue weighted by atomic mass is 35.5. The van der Waals surface area contributed by atoms with Gasteiger partial charge in [-0.05, 0) is 24.3 Å². The number of aromatic hydroxyl groups is 1. The predicted octanol–water partition coefficient (Wildman–Crippen LogP) is 2.46. The maximum atomic E-state index is 12.3. The normalized spacial score (nSPS) is 15.3. The van der Waals surface area contributed by atoms with Crippen molar-refractivity contribution in [3.8, 4) is 5.75 Å². The minimum absolute atomic E-state index is 0.0326. The first kappa shape index (κ1) is 14.2. The predicted molar refractivity (Wildman–Crippen MR) is 83.3 cm³/mol. The highest BCUT2D eigenvalue weighted by Crippen LogP contribution is 2.24. The third-order valence-corrected chi connectivity index (χ3v) is 4.63. The molecule has 3 heterocycles. The number of pyridine rings is 1. The number of carbonyl (C=O) groups is 1. The van der Waals surface area contributed by atoms with Crippen molar-refractivity contribution in [3.63, 3.8) is 0 Å². The maximum Gasteiger partial charge on any atom is 0.264 e. The van der Waals surface area contributed by atoms with Gasteiger partial charge in [0.05, 0.1) is 15.4 Å². The second-order valence-corrected chi connectivity index (χ2v) is 6.47. The molecule has 21 heavy (non-hydrogen) atoms. The molecule has 0 aromatic carbocycles. The number of hydrogen-bond acceptors (Lipinski definition) is 5. The van der Waals surface area contributed by atoms with Crippen molar-refractivity contribution in [2.45, 2.75) is 0 Å². The molecule has 110 valence electrons. The summed E-state index contributed by atoms with van der Waals surface area (Å²) in [5.74, 6) is 1.01. The molecule has 0 bridgehead atoms. The molecule has 1 fully saturated rings. The lowest BCUT2D eigenvalue weighted by Crippen LogP contribution is -2.48. The van der Waals surface area contributed by atoms with Gasteiger partial charge in [0.2, 0.25) is 0 Å². The van der Waals surface area contributed by atoms with Crippen LogP contribution in [0.1, 0.15) is 9.67 Å². The van der Waals surface area contributed by atoms with Crippen LogP contribution in [0.25, 0.3) is 0 Å². The summed E-state index contributed by atoms with van der Waals surface area (Å²) < 4.78 is 0.630. The molecule has 0 unspecified atom stereocenters. The fourth-order valence-corrected chi connectivity index (χ4v) is 3.30. The van der Waals surface area contributed by atoms with Gasteiger partial charge in [0.25, 0.3) is 5.91 Å². The van der Waals surface area contributed by atoms with E-state index in [4.69, 9.17) is 11.6 Å². The van der Waals surface area contributed by atoms with Gasteiger partial charge in [-0.15, -0.1) is 11.3 Å². The Labute approximate surface area is 131 Å². The number of thiophene rings is 1. The van der Waals surface area contributed by atoms with Crippen LogP contribution in [0.5, 0.6) is 5.75 Å². The molecule has 1 N–H and O–H groups in total. The van der Waals surface area contributed by atoms with Gasteiger partial charge in [-0.3, -0.25) is 4.79 Å². The minimum atomic E-state index is 0.0326. The van der Waals surface area contributed by atoms with Gasteiger partial charge >= 0.3 is 0 Å². The first-order valence-electron chi connectivity index (χ1n) is 6.58. The van der Waals surface area contributed by atoms with Crippen LogP contribution in [0, 0.1) is 0 Å². The molecule has 0 saturated carbocycles. The summed E-state index contributed by atoms with van der Waals surface area (Å²) in [6.45, 7) is 2.75. The summed E-state index contributed by atoms with van der Waals surface area (Å²) >= 11 is 7.18. The van der Waals surface area contributed by atoms with E-state index in [0.29, 0.717) is 22.3 Å². The standard InChI is InChI=1S/C14H14ClN3O2S/c15-12-3-2-11(21-12)14(20)18-7-5-17(6-8-18)13-4-1-10(19)9-16-13/h1-4,9,19H,5-8H2. The van der Waals surface area contributed by atoms with Gasteiger partial charge in [-0.25, -0.2) is 4.98 Å². The Bertz CT molecular complexity index is 636. The molecule has 2 aromatic heterocycles. The Hall–Kier alpha value is -1.79. The number of carbonyl (C=O) groups excluding carboxylic acids is 1. The topological polar surface area (TPSA) is 56.7 Å². The molecule has 7 heteroatoms. The molecule has 3 rings (SSSR count). The first-order valence-corrected chi connectivity index (χ1v) is 7.77. The Morgan fingerprint density at radius 2 is 1.95 bits per heavy atom. The van der Waals surface area contributed by atoms with Crippen LogP contribution >= 0.6 is 22.9 Å². The SMILES string of the molecule is O=C(c1ccc(Cl)s1)N1CCN(c2ccc(O)cn2)CC1. The van der Waals surface area contributed by atoms with Gasteiger partial charge in [0.15, 0.2) is 0 Å². The molecule has 1 aliphatic rings. The van der Waals surface area contributed by atoms with Gasteiger partial charge < -0.3 is 14.9 Å². The van der Waals surface area contributed by atoms with Gasteiger partial charge in [0, 0.05) is 26.2 Å². The molecular formula is C14H14ClN3O2S. The van der Waals surface area contributed by atoms with E-state index in [1.54, 1.807) is 24.3 Å². The van der Waals surface area contributed by atoms with Gasteiger partial charge in [0.1, 0.15) is 11.6 Å². The van der Waals surface area contributed by atoms with Crippen molar-refractivity contribution in [1.29, 1.82) is 0 Å². The molecule has 1 saturated heterocycles. The highest BCUT2D eigenvalue weighted by molar-refractivity contribution is 7.17. The van der Waals surface area contributed by atoms with Crippen molar-refractivity contribution in [2.75, 3.05) is 31.1 Å². The Morgan fingerprint density at radius 3 is 2.52 bits per heavy atom. The van der Waals surface area contributed by atoms with Crippen molar-refractivity contribution in [1.82, 2.24) is 9.88 Å². The molecule has 0 radical (unpaired) electrons. The van der Waals surface area contributed by atoms with E-state index in [-0.39, 0.29) is 11.7 Å². The second kappa shape index (κ2) is 5.91. The van der Waals surface area contributed by atoms with Crippen LogP contribution in [-0.4, -0.2) is 47.1 Å². The third kappa shape index (κ3) is 3.11. The van der Waals surface area contributed by atoms with E-state index < -0.39 is 0 Å². The number of halogens is 1. The molecule has 1 aliphatic heterocycles. The zero-order valence-corrected chi connectivity index (χ0v) is 12.8. The molecule has 0 aliphatic carbocycles. The zero-order chi connectivity index (χ0) is 14.8. The van der Waals surface area contributed by atoms with Crippen LogP contribution in [0.3, 0.4) is 0 Å². The van der Waals surface area contributed by atoms with Crippen LogP contribution in [0.15, 0.2) is 30.5 Å². The molecule has 0 spiro atoms. The van der Waals surface area contributed by atoms with Crippen LogP contribution in [0.2, 0.25) is 4.34 Å². The van der Waals surface area contributed by atoms with Gasteiger partial charge in [-0.2, -0.15) is 0 Å². The quantitative estimate of drug-likeness (QED) is 0.922. The summed E-state index contributed by atoms with van der Waals surface area (Å²) in [5, 5.41) is 9.25. The lowest BCUT2D eigenvalue weighted by atomic mass is 10.3. The van der Waals surface area contributed by atoms with Crippen LogP contribution in [-0.2, 0) is 0 Å². The molecule has 0 atom stereocenters. The van der Waals surface area contributed by atoms with E-state index >= 15 is 0 Å². The average Bonchev–Trinajstić information content (AvgIpc) is 2.94. The number of rotatable bonds is 2. The van der Waals surface area contributed by atoms with E-state index in [0.717, 1.165) is 18.9 Å². The summed E-state index contributed by atoms with van der Waals surface area (Å²) in [5.41, 5.74) is 0. The van der Waals surface area contributed by atoms with Gasteiger partial charge in [-0.1, -0.05) is 11.6 Å². The zero-order valence-electron chi connectivity index (χ0n) is 11.2. The van der Waals surface area contributed by atoms with Crippen molar-refractivity contribution >= 4 is 34.7 Å². The molecule has 2 aromatic rings. The minimum Gasteiger partial charge on any atom is -0.506 e. The van der Waals surface area contributed by atoms with Crippen molar-refractivity contribution in [2.24, 2.45) is 0 Å². The van der Waals surface area contributed by atoms with Crippen LogP contribution in [0.4, 0.5) is 5.82 Å². The van der Waals surface area contributed by atoms with Crippen LogP contribution < -0.4 is 4.90 Å².